The molecule has 1 aromatic carbocycles. The zero-order valence-corrected chi connectivity index (χ0v) is 13.5. The first-order chi connectivity index (χ1) is 10.7. The summed E-state index contributed by atoms with van der Waals surface area (Å²) in [6.07, 6.45) is 0.0242. The molecular weight excluding hydrogens is 300 g/mol. The lowest BCUT2D eigenvalue weighted by molar-refractivity contribution is -0.147. The predicted octanol–water partition coefficient (Wildman–Crippen LogP) is 1.71. The van der Waals surface area contributed by atoms with Gasteiger partial charge in [0.2, 0.25) is 0 Å². The van der Waals surface area contributed by atoms with Gasteiger partial charge in [0.25, 0.3) is 5.91 Å². The Bertz CT molecular complexity index is 640. The largest absolute Gasteiger partial charge is 0.491 e. The van der Waals surface area contributed by atoms with Crippen molar-refractivity contribution in [3.8, 4) is 5.75 Å². The highest BCUT2D eigenvalue weighted by molar-refractivity contribution is 6.09. The summed E-state index contributed by atoms with van der Waals surface area (Å²) in [5, 5.41) is 11.6. The zero-order valence-electron chi connectivity index (χ0n) is 13.5. The Morgan fingerprint density at radius 1 is 1.22 bits per heavy atom. The topological polar surface area (TPSA) is 95.9 Å². The third-order valence-electron chi connectivity index (χ3n) is 3.77. The number of nitrogens with zero attached hydrogens (tertiary/aromatic N) is 1. The highest BCUT2D eigenvalue weighted by Gasteiger charge is 2.51. The van der Waals surface area contributed by atoms with E-state index in [0.717, 1.165) is 4.90 Å². The van der Waals surface area contributed by atoms with Crippen LogP contribution in [0.2, 0.25) is 0 Å². The third kappa shape index (κ3) is 2.99. The number of carbonyl (C=O) groups excluding carboxylic acids is 2. The number of ether oxygens (including phenoxy) is 1. The molecule has 1 aliphatic rings. The highest BCUT2D eigenvalue weighted by Crippen LogP contribution is 2.31. The van der Waals surface area contributed by atoms with Crippen molar-refractivity contribution < 1.29 is 24.2 Å². The number of nitrogens with one attached hydrogen (secondary N) is 1. The van der Waals surface area contributed by atoms with Gasteiger partial charge in [0.05, 0.1) is 6.10 Å². The Morgan fingerprint density at radius 2 is 1.78 bits per heavy atom. The van der Waals surface area contributed by atoms with Gasteiger partial charge in [-0.15, -0.1) is 0 Å². The van der Waals surface area contributed by atoms with Crippen molar-refractivity contribution in [1.82, 2.24) is 10.2 Å². The summed E-state index contributed by atoms with van der Waals surface area (Å²) in [6, 6.07) is 4.85. The minimum atomic E-state index is -1.29. The average molecular weight is 320 g/mol. The lowest BCUT2D eigenvalue weighted by Crippen LogP contribution is -2.45. The number of carboxylic acids is 1. The molecule has 0 aromatic heterocycles. The maximum Gasteiger partial charge on any atom is 0.326 e. The van der Waals surface area contributed by atoms with E-state index in [4.69, 9.17) is 9.84 Å². The Hall–Kier alpha value is -2.57. The molecule has 7 nitrogen and oxygen atoms in total. The zero-order chi connectivity index (χ0) is 17.4. The first-order valence-corrected chi connectivity index (χ1v) is 7.32. The number of hydrogen-bond acceptors (Lipinski definition) is 4. The van der Waals surface area contributed by atoms with Crippen LogP contribution in [0.1, 0.15) is 33.3 Å². The summed E-state index contributed by atoms with van der Waals surface area (Å²) >= 11 is 0. The highest BCUT2D eigenvalue weighted by atomic mass is 16.5. The molecule has 1 heterocycles. The molecule has 7 heteroatoms. The van der Waals surface area contributed by atoms with Gasteiger partial charge in [-0.1, -0.05) is 12.1 Å². The molecule has 0 saturated carbocycles. The van der Waals surface area contributed by atoms with Crippen LogP contribution in [0.3, 0.4) is 0 Å². The SMILES string of the molecule is CC(C)Oc1ccc(C2(C)NC(=O)N(C(C)C(=O)O)C2=O)cc1. The van der Waals surface area contributed by atoms with Crippen LogP contribution >= 0.6 is 0 Å². The van der Waals surface area contributed by atoms with E-state index in [0.29, 0.717) is 11.3 Å². The van der Waals surface area contributed by atoms with Gasteiger partial charge in [0.1, 0.15) is 17.3 Å². The van der Waals surface area contributed by atoms with Crippen molar-refractivity contribution in [3.63, 3.8) is 0 Å². The number of benzene rings is 1. The summed E-state index contributed by atoms with van der Waals surface area (Å²) < 4.78 is 5.54. The van der Waals surface area contributed by atoms with Gasteiger partial charge >= 0.3 is 12.0 Å². The van der Waals surface area contributed by atoms with Gasteiger partial charge in [-0.25, -0.2) is 14.5 Å². The number of rotatable bonds is 5. The fourth-order valence-corrected chi connectivity index (χ4v) is 2.46. The van der Waals surface area contributed by atoms with Crippen molar-refractivity contribution in [1.29, 1.82) is 0 Å². The van der Waals surface area contributed by atoms with Crippen molar-refractivity contribution in [2.24, 2.45) is 0 Å². The van der Waals surface area contributed by atoms with Crippen molar-refractivity contribution in [2.75, 3.05) is 0 Å². The van der Waals surface area contributed by atoms with E-state index in [9.17, 15) is 14.4 Å². The Morgan fingerprint density at radius 3 is 2.26 bits per heavy atom. The minimum absolute atomic E-state index is 0.0242. The molecule has 0 bridgehead atoms. The quantitative estimate of drug-likeness (QED) is 0.805. The summed E-state index contributed by atoms with van der Waals surface area (Å²) in [7, 11) is 0. The van der Waals surface area contributed by atoms with Crippen LogP contribution in [0.25, 0.3) is 0 Å². The summed E-state index contributed by atoms with van der Waals surface area (Å²) in [5.41, 5.74) is -0.732. The van der Waals surface area contributed by atoms with E-state index in [1.54, 1.807) is 31.2 Å². The maximum absolute atomic E-state index is 12.6. The van der Waals surface area contributed by atoms with Crippen molar-refractivity contribution in [2.45, 2.75) is 45.4 Å². The van der Waals surface area contributed by atoms with Crippen LogP contribution in [-0.2, 0) is 15.1 Å². The molecule has 1 saturated heterocycles. The molecule has 2 rings (SSSR count). The molecule has 23 heavy (non-hydrogen) atoms. The first kappa shape index (κ1) is 16.8. The first-order valence-electron chi connectivity index (χ1n) is 7.32. The Kier molecular flexibility index (Phi) is 4.31. The minimum Gasteiger partial charge on any atom is -0.491 e. The molecule has 1 fully saturated rings. The fourth-order valence-electron chi connectivity index (χ4n) is 2.46. The van der Waals surface area contributed by atoms with Crippen LogP contribution in [0.5, 0.6) is 5.75 Å². The van der Waals surface area contributed by atoms with E-state index in [2.05, 4.69) is 5.32 Å². The second-order valence-electron chi connectivity index (χ2n) is 5.94. The summed E-state index contributed by atoms with van der Waals surface area (Å²) in [6.45, 7) is 6.66. The average Bonchev–Trinajstić information content (AvgIpc) is 2.69. The number of hydrogen-bond donors (Lipinski definition) is 2. The van der Waals surface area contributed by atoms with E-state index in [-0.39, 0.29) is 6.10 Å². The third-order valence-corrected chi connectivity index (χ3v) is 3.77. The maximum atomic E-state index is 12.6. The molecular formula is C16H20N2O5. The van der Waals surface area contributed by atoms with Crippen LogP contribution in [0.4, 0.5) is 4.79 Å². The lowest BCUT2D eigenvalue weighted by atomic mass is 9.92. The molecule has 1 aromatic rings. The van der Waals surface area contributed by atoms with Gasteiger partial charge in [0, 0.05) is 0 Å². The van der Waals surface area contributed by atoms with Crippen LogP contribution in [0.15, 0.2) is 24.3 Å². The van der Waals surface area contributed by atoms with Gasteiger partial charge in [-0.05, 0) is 45.4 Å². The molecule has 2 N–H and O–H groups in total. The molecule has 2 unspecified atom stereocenters. The van der Waals surface area contributed by atoms with Gasteiger partial charge in [-0.2, -0.15) is 0 Å². The molecule has 124 valence electrons. The summed E-state index contributed by atoms with van der Waals surface area (Å²) in [4.78, 5) is 36.5. The van der Waals surface area contributed by atoms with Gasteiger partial charge in [0.15, 0.2) is 0 Å². The van der Waals surface area contributed by atoms with Crippen LogP contribution in [0, 0.1) is 0 Å². The standard InChI is InChI=1S/C16H20N2O5/c1-9(2)23-12-7-5-11(6-8-12)16(4)14(21)18(15(22)17-16)10(3)13(19)20/h5-10H,1-4H3,(H,17,22)(H,19,20). The van der Waals surface area contributed by atoms with Gasteiger partial charge < -0.3 is 15.2 Å². The second-order valence-corrected chi connectivity index (χ2v) is 5.94. The number of carbonyl (C=O) groups is 3. The van der Waals surface area contributed by atoms with E-state index < -0.39 is 29.5 Å². The molecule has 3 amide bonds. The molecule has 1 aliphatic heterocycles. The van der Waals surface area contributed by atoms with Gasteiger partial charge in [-0.3, -0.25) is 4.79 Å². The number of urea groups is 1. The normalized spacial score (nSPS) is 22.2. The van der Waals surface area contributed by atoms with Crippen molar-refractivity contribution >= 4 is 17.9 Å². The fraction of sp³-hybridized carbons (Fsp3) is 0.438. The van der Waals surface area contributed by atoms with Crippen molar-refractivity contribution in [3.05, 3.63) is 29.8 Å². The van der Waals surface area contributed by atoms with Crippen LogP contribution in [-0.4, -0.2) is 40.1 Å². The Balaban J connectivity index is 2.30. The lowest BCUT2D eigenvalue weighted by Gasteiger charge is -2.23. The monoisotopic (exact) mass is 320 g/mol. The number of carboxylic acid groups (broad SMARTS) is 1. The molecule has 0 spiro atoms. The summed E-state index contributed by atoms with van der Waals surface area (Å²) in [5.74, 6) is -1.17. The number of imide groups is 1. The number of aliphatic carboxylic acids is 1. The number of amides is 3. The molecule has 2 atom stereocenters. The van der Waals surface area contributed by atoms with E-state index >= 15 is 0 Å². The molecule has 0 radical (unpaired) electrons. The second kappa shape index (κ2) is 5.91. The van der Waals surface area contributed by atoms with E-state index in [1.165, 1.54) is 6.92 Å². The van der Waals surface area contributed by atoms with Crippen LogP contribution < -0.4 is 10.1 Å². The molecule has 0 aliphatic carbocycles. The van der Waals surface area contributed by atoms with E-state index in [1.807, 2.05) is 13.8 Å². The smallest absolute Gasteiger partial charge is 0.326 e. The predicted molar refractivity (Wildman–Crippen MR) is 82.0 cm³/mol. The Labute approximate surface area is 134 Å².